The molecule has 1 amide bonds. The number of fused-ring (bicyclic) bond motifs is 1. The van der Waals surface area contributed by atoms with Gasteiger partial charge in [0.1, 0.15) is 11.5 Å². The van der Waals surface area contributed by atoms with Crippen LogP contribution < -0.4 is 10.3 Å². The van der Waals surface area contributed by atoms with Crippen molar-refractivity contribution in [2.45, 2.75) is 19.9 Å². The number of sulfonamides is 1. The Labute approximate surface area is 204 Å². The summed E-state index contributed by atoms with van der Waals surface area (Å²) in [7, 11) is -4.01. The highest BCUT2D eigenvalue weighted by Gasteiger charge is 2.28. The van der Waals surface area contributed by atoms with Gasteiger partial charge < -0.3 is 9.55 Å². The van der Waals surface area contributed by atoms with Crippen LogP contribution in [0.4, 0.5) is 10.1 Å². The monoisotopic (exact) mass is 512 g/mol. The van der Waals surface area contributed by atoms with Crippen molar-refractivity contribution in [2.75, 3.05) is 6.26 Å². The summed E-state index contributed by atoms with van der Waals surface area (Å²) in [6.07, 6.45) is 2.86. The molecule has 0 bridgehead atoms. The Morgan fingerprint density at radius 2 is 1.94 bits per heavy atom. The lowest BCUT2D eigenvalue weighted by Gasteiger charge is -2.13. The third-order valence-electron chi connectivity index (χ3n) is 5.69. The fraction of sp³-hybridized carbons (Fsp3) is 0.167. The average molecular weight is 513 g/mol. The van der Waals surface area contributed by atoms with Crippen LogP contribution in [-0.4, -0.2) is 35.1 Å². The Morgan fingerprint density at radius 3 is 2.58 bits per heavy atom. The number of carbonyl (C=O) groups is 1. The zero-order valence-corrected chi connectivity index (χ0v) is 20.1. The summed E-state index contributed by atoms with van der Waals surface area (Å²) in [4.78, 5) is 39.2. The fourth-order valence-corrected chi connectivity index (χ4v) is 4.53. The van der Waals surface area contributed by atoms with Gasteiger partial charge in [-0.3, -0.25) is 19.7 Å². The van der Waals surface area contributed by atoms with Crippen LogP contribution in [0.25, 0.3) is 22.0 Å². The van der Waals surface area contributed by atoms with E-state index in [2.05, 4.69) is 4.98 Å². The van der Waals surface area contributed by atoms with E-state index in [0.717, 1.165) is 30.0 Å². The summed E-state index contributed by atoms with van der Waals surface area (Å²) in [6, 6.07) is 11.3. The van der Waals surface area contributed by atoms with Gasteiger partial charge in [-0.25, -0.2) is 17.5 Å². The minimum atomic E-state index is -4.01. The number of hydrogen-bond acceptors (Lipinski definition) is 6. The van der Waals surface area contributed by atoms with E-state index in [0.29, 0.717) is 17.3 Å². The van der Waals surface area contributed by atoms with Crippen LogP contribution >= 0.6 is 0 Å². The van der Waals surface area contributed by atoms with E-state index >= 15 is 0 Å². The summed E-state index contributed by atoms with van der Waals surface area (Å²) in [5, 5.41) is 11.7. The number of nitro groups is 1. The van der Waals surface area contributed by atoms with E-state index in [1.807, 2.05) is 11.6 Å². The van der Waals surface area contributed by atoms with Crippen molar-refractivity contribution in [1.82, 2.24) is 14.3 Å². The van der Waals surface area contributed by atoms with Crippen molar-refractivity contribution < 1.29 is 22.5 Å². The van der Waals surface area contributed by atoms with Gasteiger partial charge in [-0.2, -0.15) is 0 Å². The standard InChI is InChI=1S/C24H21FN4O6S/c1-3-14-6-9-20-18(11-14)21(17-5-4-10-26-23(17)30)22(24(31)27-36(2,34)35)28(20)13-15-12-16(29(32)33)7-8-19(15)25/h4-12H,3,13H2,1-2H3,(H,26,30)(H,27,31). The molecule has 2 aromatic carbocycles. The SMILES string of the molecule is CCc1ccc2c(c1)c(-c1ccc[nH]c1=O)c(C(=O)NS(C)(=O)=O)n2Cc1cc([N+](=O)[O-])ccc1F. The first-order chi connectivity index (χ1) is 17.0. The van der Waals surface area contributed by atoms with Gasteiger partial charge in [-0.05, 0) is 42.3 Å². The van der Waals surface area contributed by atoms with Gasteiger partial charge in [-0.15, -0.1) is 0 Å². The number of aryl methyl sites for hydroxylation is 1. The number of nitro benzene ring substituents is 1. The molecule has 2 aromatic heterocycles. The summed E-state index contributed by atoms with van der Waals surface area (Å²) >= 11 is 0. The molecule has 0 fully saturated rings. The number of hydrogen-bond donors (Lipinski definition) is 2. The molecule has 36 heavy (non-hydrogen) atoms. The molecular weight excluding hydrogens is 491 g/mol. The number of halogens is 1. The number of non-ortho nitro benzene ring substituents is 1. The molecule has 4 rings (SSSR count). The maximum atomic E-state index is 14.7. The van der Waals surface area contributed by atoms with Crippen molar-refractivity contribution in [3.63, 3.8) is 0 Å². The molecule has 0 spiro atoms. The minimum absolute atomic E-state index is 0.0948. The molecule has 2 N–H and O–H groups in total. The molecule has 0 unspecified atom stereocenters. The molecule has 4 aromatic rings. The van der Waals surface area contributed by atoms with E-state index in [9.17, 15) is 32.5 Å². The first kappa shape index (κ1) is 24.8. The van der Waals surface area contributed by atoms with Gasteiger partial charge in [0.15, 0.2) is 0 Å². The average Bonchev–Trinajstić information content (AvgIpc) is 3.12. The Balaban J connectivity index is 2.10. The molecule has 10 nitrogen and oxygen atoms in total. The molecule has 0 atom stereocenters. The topological polar surface area (TPSA) is 144 Å². The summed E-state index contributed by atoms with van der Waals surface area (Å²) < 4.78 is 41.9. The highest BCUT2D eigenvalue weighted by Crippen LogP contribution is 2.35. The normalized spacial score (nSPS) is 11.5. The Morgan fingerprint density at radius 1 is 1.19 bits per heavy atom. The largest absolute Gasteiger partial charge is 0.331 e. The number of pyridine rings is 1. The fourth-order valence-electron chi connectivity index (χ4n) is 4.10. The lowest BCUT2D eigenvalue weighted by molar-refractivity contribution is -0.385. The second-order valence-corrected chi connectivity index (χ2v) is 9.91. The first-order valence-corrected chi connectivity index (χ1v) is 12.7. The van der Waals surface area contributed by atoms with E-state index in [1.165, 1.54) is 16.8 Å². The van der Waals surface area contributed by atoms with E-state index in [-0.39, 0.29) is 34.6 Å². The van der Waals surface area contributed by atoms with Gasteiger partial charge in [0.25, 0.3) is 17.2 Å². The van der Waals surface area contributed by atoms with Gasteiger partial charge >= 0.3 is 0 Å². The number of nitrogens with one attached hydrogen (secondary N) is 2. The molecule has 0 aliphatic carbocycles. The van der Waals surface area contributed by atoms with E-state index < -0.39 is 32.2 Å². The molecule has 0 saturated heterocycles. The number of aromatic nitrogens is 2. The van der Waals surface area contributed by atoms with E-state index in [1.54, 1.807) is 24.3 Å². The van der Waals surface area contributed by atoms with E-state index in [4.69, 9.17) is 0 Å². The van der Waals surface area contributed by atoms with Crippen molar-refractivity contribution >= 4 is 32.5 Å². The molecule has 0 aliphatic heterocycles. The third kappa shape index (κ3) is 4.75. The van der Waals surface area contributed by atoms with Crippen molar-refractivity contribution in [3.05, 3.63) is 97.8 Å². The molecule has 0 aliphatic rings. The van der Waals surface area contributed by atoms with Gasteiger partial charge in [0, 0.05) is 45.9 Å². The number of benzene rings is 2. The van der Waals surface area contributed by atoms with Crippen molar-refractivity contribution in [2.24, 2.45) is 0 Å². The highest BCUT2D eigenvalue weighted by molar-refractivity contribution is 7.89. The van der Waals surface area contributed by atoms with Gasteiger partial charge in [0.2, 0.25) is 10.0 Å². The summed E-state index contributed by atoms with van der Waals surface area (Å²) in [5.41, 5.74) is 0.391. The number of carbonyl (C=O) groups excluding carboxylic acids is 1. The number of nitrogens with zero attached hydrogens (tertiary/aromatic N) is 2. The van der Waals surface area contributed by atoms with Crippen molar-refractivity contribution in [1.29, 1.82) is 0 Å². The maximum Gasteiger partial charge on any atom is 0.282 e. The number of amides is 1. The zero-order valence-electron chi connectivity index (χ0n) is 19.2. The van der Waals surface area contributed by atoms with Gasteiger partial charge in [-0.1, -0.05) is 13.0 Å². The zero-order chi connectivity index (χ0) is 26.2. The first-order valence-electron chi connectivity index (χ1n) is 10.8. The maximum absolute atomic E-state index is 14.7. The van der Waals surface area contributed by atoms with Crippen LogP contribution in [0, 0.1) is 15.9 Å². The van der Waals surface area contributed by atoms with Crippen LogP contribution in [0.3, 0.4) is 0 Å². The van der Waals surface area contributed by atoms with Crippen LogP contribution in [0.5, 0.6) is 0 Å². The highest BCUT2D eigenvalue weighted by atomic mass is 32.2. The number of aromatic amines is 1. The third-order valence-corrected chi connectivity index (χ3v) is 6.24. The van der Waals surface area contributed by atoms with Crippen LogP contribution in [0.1, 0.15) is 28.5 Å². The molecular formula is C24H21FN4O6S. The Bertz CT molecular complexity index is 1690. The van der Waals surface area contributed by atoms with Crippen LogP contribution in [-0.2, 0) is 23.0 Å². The Hall–Kier alpha value is -4.32. The second-order valence-electron chi connectivity index (χ2n) is 8.16. The number of rotatable bonds is 7. The molecule has 0 radical (unpaired) electrons. The molecule has 12 heteroatoms. The summed E-state index contributed by atoms with van der Waals surface area (Å²) in [6.45, 7) is 1.58. The predicted octanol–water partition coefficient (Wildman–Crippen LogP) is 3.34. The quantitative estimate of drug-likeness (QED) is 0.287. The minimum Gasteiger partial charge on any atom is -0.331 e. The van der Waals surface area contributed by atoms with Crippen LogP contribution in [0.15, 0.2) is 59.5 Å². The van der Waals surface area contributed by atoms with Crippen LogP contribution in [0.2, 0.25) is 0 Å². The lowest BCUT2D eigenvalue weighted by Crippen LogP contribution is -2.32. The smallest absolute Gasteiger partial charge is 0.282 e. The second kappa shape index (κ2) is 9.38. The molecule has 2 heterocycles. The number of H-pyrrole nitrogens is 1. The lowest BCUT2D eigenvalue weighted by atomic mass is 10.0. The van der Waals surface area contributed by atoms with Crippen molar-refractivity contribution in [3.8, 4) is 11.1 Å². The van der Waals surface area contributed by atoms with Gasteiger partial charge in [0.05, 0.1) is 17.7 Å². The predicted molar refractivity (Wildman–Crippen MR) is 132 cm³/mol. The summed E-state index contributed by atoms with van der Waals surface area (Å²) in [5.74, 6) is -1.78. The Kier molecular flexibility index (Phi) is 6.46. The molecule has 0 saturated carbocycles. The molecule has 186 valence electrons.